The van der Waals surface area contributed by atoms with E-state index < -0.39 is 17.2 Å². The zero-order valence-electron chi connectivity index (χ0n) is 20.2. The Labute approximate surface area is 234 Å². The molecule has 0 aliphatic carbocycles. The van der Waals surface area contributed by atoms with Crippen LogP contribution in [0.3, 0.4) is 0 Å². The molecular formula is C26H19Cl2F2N5OS2. The van der Waals surface area contributed by atoms with Gasteiger partial charge in [0.2, 0.25) is 0 Å². The number of benzene rings is 2. The van der Waals surface area contributed by atoms with Crippen molar-refractivity contribution in [1.82, 2.24) is 19.6 Å². The van der Waals surface area contributed by atoms with Crippen LogP contribution in [0.2, 0.25) is 10.0 Å². The molecule has 38 heavy (non-hydrogen) atoms. The van der Waals surface area contributed by atoms with E-state index in [1.807, 2.05) is 20.8 Å². The van der Waals surface area contributed by atoms with Crippen LogP contribution in [0.5, 0.6) is 0 Å². The van der Waals surface area contributed by atoms with Crippen LogP contribution in [-0.4, -0.2) is 19.6 Å². The Morgan fingerprint density at radius 3 is 2.45 bits per heavy atom. The van der Waals surface area contributed by atoms with Crippen molar-refractivity contribution in [3.63, 3.8) is 0 Å². The van der Waals surface area contributed by atoms with E-state index in [1.54, 1.807) is 35.6 Å². The van der Waals surface area contributed by atoms with Gasteiger partial charge in [0, 0.05) is 27.1 Å². The van der Waals surface area contributed by atoms with Gasteiger partial charge >= 0.3 is 0 Å². The summed E-state index contributed by atoms with van der Waals surface area (Å²) in [5.74, 6) is -1.36. The number of thiazole rings is 1. The third-order valence-electron chi connectivity index (χ3n) is 5.71. The van der Waals surface area contributed by atoms with E-state index in [0.717, 1.165) is 33.4 Å². The summed E-state index contributed by atoms with van der Waals surface area (Å²) in [6, 6.07) is 9.99. The fourth-order valence-corrected chi connectivity index (χ4v) is 6.50. The first-order chi connectivity index (χ1) is 18.1. The summed E-state index contributed by atoms with van der Waals surface area (Å²) in [5, 5.41) is 9.77. The summed E-state index contributed by atoms with van der Waals surface area (Å²) < 4.78 is 28.8. The highest BCUT2D eigenvalue weighted by Crippen LogP contribution is 2.39. The first-order valence-corrected chi connectivity index (χ1v) is 13.7. The number of rotatable bonds is 6. The minimum atomic E-state index is -0.696. The van der Waals surface area contributed by atoms with Gasteiger partial charge in [-0.15, -0.1) is 11.3 Å². The van der Waals surface area contributed by atoms with Crippen molar-refractivity contribution in [3.8, 4) is 11.1 Å². The Morgan fingerprint density at radius 1 is 1.05 bits per heavy atom. The van der Waals surface area contributed by atoms with E-state index in [9.17, 15) is 13.6 Å². The molecule has 1 unspecified atom stereocenters. The van der Waals surface area contributed by atoms with Gasteiger partial charge in [0.25, 0.3) is 5.56 Å². The van der Waals surface area contributed by atoms with Crippen LogP contribution in [-0.2, 0) is 0 Å². The molecule has 2 aromatic carbocycles. The first-order valence-electron chi connectivity index (χ1n) is 11.3. The van der Waals surface area contributed by atoms with Crippen molar-refractivity contribution in [2.45, 2.75) is 36.7 Å². The molecule has 0 radical (unpaired) electrons. The minimum Gasteiger partial charge on any atom is -0.378 e. The molecule has 0 aliphatic heterocycles. The van der Waals surface area contributed by atoms with Crippen LogP contribution in [0, 0.1) is 25.5 Å². The average molecular weight is 591 g/mol. The maximum Gasteiger partial charge on any atom is 0.281 e. The van der Waals surface area contributed by atoms with Crippen LogP contribution in [0.15, 0.2) is 63.5 Å². The molecule has 0 saturated heterocycles. The van der Waals surface area contributed by atoms with Crippen molar-refractivity contribution in [1.29, 1.82) is 0 Å². The molecule has 1 atom stereocenters. The summed E-state index contributed by atoms with van der Waals surface area (Å²) in [6.07, 6.45) is 1.27. The number of nitrogens with zero attached hydrogens (tertiary/aromatic N) is 4. The van der Waals surface area contributed by atoms with Gasteiger partial charge < -0.3 is 5.32 Å². The maximum absolute atomic E-state index is 14.1. The van der Waals surface area contributed by atoms with Crippen LogP contribution in [0.4, 0.5) is 14.5 Å². The van der Waals surface area contributed by atoms with Crippen LogP contribution in [0.1, 0.15) is 28.5 Å². The molecule has 0 saturated carbocycles. The lowest BCUT2D eigenvalue weighted by atomic mass is 10.1. The minimum absolute atomic E-state index is 0.0323. The Kier molecular flexibility index (Phi) is 7.41. The zero-order valence-corrected chi connectivity index (χ0v) is 23.4. The average Bonchev–Trinajstić information content (AvgIpc) is 3.19. The predicted molar refractivity (Wildman–Crippen MR) is 149 cm³/mol. The molecule has 0 spiro atoms. The molecule has 0 fully saturated rings. The standard InChI is InChI=1S/C26H19Cl2F2N5OS2/c1-12-25(37-14(3)32-12)13(2)33-16-9-17(27)23(18(28)10-16)24-20-5-7-22(34-35(20)11-31-26(24)36)38-21-6-4-15(29)8-19(21)30/h4-11,13,33H,1-3H3. The fraction of sp³-hybridized carbons (Fsp3) is 0.154. The van der Waals surface area contributed by atoms with E-state index in [1.165, 1.54) is 23.0 Å². The van der Waals surface area contributed by atoms with E-state index >= 15 is 0 Å². The number of halogens is 4. The van der Waals surface area contributed by atoms with Gasteiger partial charge in [0.15, 0.2) is 0 Å². The molecular weight excluding hydrogens is 571 g/mol. The second-order valence-corrected chi connectivity index (χ2v) is 11.6. The Balaban J connectivity index is 1.50. The monoisotopic (exact) mass is 589 g/mol. The van der Waals surface area contributed by atoms with Crippen LogP contribution < -0.4 is 10.9 Å². The summed E-state index contributed by atoms with van der Waals surface area (Å²) in [6.45, 7) is 5.95. The lowest BCUT2D eigenvalue weighted by molar-refractivity contribution is 0.565. The number of aryl methyl sites for hydroxylation is 2. The first kappa shape index (κ1) is 26.6. The number of hydrogen-bond donors (Lipinski definition) is 1. The maximum atomic E-state index is 14.1. The molecule has 0 bridgehead atoms. The Hall–Kier alpha value is -3.05. The summed E-state index contributed by atoms with van der Waals surface area (Å²) in [5.41, 5.74) is 2.07. The molecule has 12 heteroatoms. The fourth-order valence-electron chi connectivity index (χ4n) is 4.11. The second-order valence-electron chi connectivity index (χ2n) is 8.47. The lowest BCUT2D eigenvalue weighted by Crippen LogP contribution is -2.14. The van der Waals surface area contributed by atoms with E-state index in [-0.39, 0.29) is 26.5 Å². The summed E-state index contributed by atoms with van der Waals surface area (Å²) in [7, 11) is 0. The third-order valence-corrected chi connectivity index (χ3v) is 8.54. The van der Waals surface area contributed by atoms with Gasteiger partial charge in [0.1, 0.15) is 23.0 Å². The number of nitrogens with one attached hydrogen (secondary N) is 1. The van der Waals surface area contributed by atoms with Gasteiger partial charge in [-0.2, -0.15) is 10.1 Å². The van der Waals surface area contributed by atoms with Crippen molar-refractivity contribution in [3.05, 3.63) is 96.4 Å². The Morgan fingerprint density at radius 2 is 1.79 bits per heavy atom. The molecule has 194 valence electrons. The van der Waals surface area contributed by atoms with Gasteiger partial charge in [0.05, 0.1) is 37.9 Å². The predicted octanol–water partition coefficient (Wildman–Crippen LogP) is 7.74. The Bertz CT molecular complexity index is 1740. The van der Waals surface area contributed by atoms with Crippen molar-refractivity contribution < 1.29 is 8.78 Å². The molecule has 0 amide bonds. The van der Waals surface area contributed by atoms with Gasteiger partial charge in [-0.05, 0) is 57.2 Å². The van der Waals surface area contributed by atoms with Gasteiger partial charge in [-0.1, -0.05) is 35.0 Å². The SMILES string of the molecule is Cc1nc(C)c(C(C)Nc2cc(Cl)c(-c3c(=O)ncn4nc(Sc5ccc(F)cc5F)ccc34)c(Cl)c2)s1. The van der Waals surface area contributed by atoms with Crippen molar-refractivity contribution in [2.24, 2.45) is 0 Å². The molecule has 1 N–H and O–H groups in total. The summed E-state index contributed by atoms with van der Waals surface area (Å²) in [4.78, 5) is 22.6. The van der Waals surface area contributed by atoms with Crippen LogP contribution >= 0.6 is 46.3 Å². The highest BCUT2D eigenvalue weighted by Gasteiger charge is 2.20. The van der Waals surface area contributed by atoms with Crippen molar-refractivity contribution >= 4 is 57.5 Å². The molecule has 5 aromatic rings. The van der Waals surface area contributed by atoms with Crippen LogP contribution in [0.25, 0.3) is 16.6 Å². The third kappa shape index (κ3) is 5.26. The molecule has 3 aromatic heterocycles. The topological polar surface area (TPSA) is 72.2 Å². The highest BCUT2D eigenvalue weighted by atomic mass is 35.5. The van der Waals surface area contributed by atoms with E-state index in [4.69, 9.17) is 23.2 Å². The summed E-state index contributed by atoms with van der Waals surface area (Å²) >= 11 is 16.0. The van der Waals surface area contributed by atoms with Gasteiger partial charge in [-0.25, -0.2) is 18.3 Å². The quantitative estimate of drug-likeness (QED) is 0.218. The number of fused-ring (bicyclic) bond motifs is 1. The van der Waals surface area contributed by atoms with E-state index in [0.29, 0.717) is 21.8 Å². The highest BCUT2D eigenvalue weighted by molar-refractivity contribution is 7.99. The number of hydrogen-bond acceptors (Lipinski definition) is 7. The number of anilines is 1. The largest absolute Gasteiger partial charge is 0.378 e. The molecule has 6 nitrogen and oxygen atoms in total. The lowest BCUT2D eigenvalue weighted by Gasteiger charge is -2.17. The molecule has 0 aliphatic rings. The van der Waals surface area contributed by atoms with Gasteiger partial charge in [-0.3, -0.25) is 4.79 Å². The van der Waals surface area contributed by atoms with Crippen molar-refractivity contribution in [2.75, 3.05) is 5.32 Å². The molecule has 5 rings (SSSR count). The second kappa shape index (κ2) is 10.6. The molecule has 3 heterocycles. The van der Waals surface area contributed by atoms with E-state index in [2.05, 4.69) is 20.4 Å². The normalized spacial score (nSPS) is 12.2. The zero-order chi connectivity index (χ0) is 27.1. The smallest absolute Gasteiger partial charge is 0.281 e. The number of aromatic nitrogens is 4.